The van der Waals surface area contributed by atoms with E-state index < -0.39 is 78.6 Å². The molecule has 0 aliphatic heterocycles. The predicted octanol–water partition coefficient (Wildman–Crippen LogP) is -2.21. The van der Waals surface area contributed by atoms with E-state index in [1.54, 1.807) is 0 Å². The molecule has 4 amide bonds. The zero-order valence-corrected chi connectivity index (χ0v) is 24.2. The third-order valence-electron chi connectivity index (χ3n) is 5.09. The molecule has 0 saturated carbocycles. The number of amides is 4. The van der Waals surface area contributed by atoms with Crippen LogP contribution in [0.1, 0.15) is 12.5 Å². The van der Waals surface area contributed by atoms with Gasteiger partial charge in [-0.25, -0.2) is 9.59 Å². The summed E-state index contributed by atoms with van der Waals surface area (Å²) in [6, 6.07) is 0.827. The second-order valence-electron chi connectivity index (χ2n) is 8.61. The Morgan fingerprint density at radius 2 is 1.42 bits per heavy atom. The number of aliphatic hydroxyl groups is 1. The number of halogens is 3. The number of carboxylic acids is 2. The molecule has 0 fully saturated rings. The first-order valence-corrected chi connectivity index (χ1v) is 13.2. The number of carbonyl (C=O) groups is 6. The van der Waals surface area contributed by atoms with Crippen molar-refractivity contribution in [1.82, 2.24) is 21.3 Å². The molecule has 0 heterocycles. The van der Waals surface area contributed by atoms with E-state index in [0.717, 1.165) is 0 Å². The van der Waals surface area contributed by atoms with Crippen molar-refractivity contribution in [2.24, 2.45) is 5.73 Å². The summed E-state index contributed by atoms with van der Waals surface area (Å²) in [7, 11) is 0. The number of thiol groups is 2. The summed E-state index contributed by atoms with van der Waals surface area (Å²) in [5, 5.41) is 44.9. The predicted molar refractivity (Wildman–Crippen MR) is 149 cm³/mol. The van der Waals surface area contributed by atoms with Crippen molar-refractivity contribution < 1.29 is 62.4 Å². The average Bonchev–Trinajstić information content (AvgIpc) is 2.92. The summed E-state index contributed by atoms with van der Waals surface area (Å²) >= 11 is 7.90. The molecule has 15 nitrogen and oxygen atoms in total. The molecule has 20 heteroatoms. The molecule has 0 aliphatic rings. The Hall–Kier alpha value is -3.75. The highest BCUT2D eigenvalue weighted by atomic mass is 32.1. The van der Waals surface area contributed by atoms with Gasteiger partial charge in [0.05, 0.1) is 18.7 Å². The highest BCUT2D eigenvalue weighted by molar-refractivity contribution is 7.80. The van der Waals surface area contributed by atoms with Crippen LogP contribution in [0.3, 0.4) is 0 Å². The van der Waals surface area contributed by atoms with Crippen LogP contribution < -0.4 is 27.0 Å². The van der Waals surface area contributed by atoms with Crippen molar-refractivity contribution in [3.05, 3.63) is 29.8 Å². The lowest BCUT2D eigenvalue weighted by atomic mass is 10.1. The topological polar surface area (TPSA) is 257 Å². The van der Waals surface area contributed by atoms with Crippen molar-refractivity contribution in [3.8, 4) is 5.75 Å². The molecule has 0 spiro atoms. The molecule has 0 aromatic heterocycles. The second-order valence-corrected chi connectivity index (χ2v) is 9.34. The maximum atomic E-state index is 12.6. The van der Waals surface area contributed by atoms with Crippen molar-refractivity contribution in [1.29, 1.82) is 0 Å². The number of aliphatic hydroxyl groups excluding tert-OH is 1. The molecule has 0 radical (unpaired) electrons. The lowest BCUT2D eigenvalue weighted by Gasteiger charge is -2.23. The molecular weight excluding hydrogens is 627 g/mol. The van der Waals surface area contributed by atoms with Crippen LogP contribution in [0, 0.1) is 0 Å². The van der Waals surface area contributed by atoms with Gasteiger partial charge in [0.15, 0.2) is 0 Å². The van der Waals surface area contributed by atoms with Gasteiger partial charge in [-0.15, -0.1) is 0 Å². The number of hydrogen-bond donors (Lipinski definition) is 11. The van der Waals surface area contributed by atoms with Crippen molar-refractivity contribution >= 4 is 60.8 Å². The molecule has 0 unspecified atom stereocenters. The van der Waals surface area contributed by atoms with E-state index in [9.17, 15) is 52.5 Å². The van der Waals surface area contributed by atoms with Gasteiger partial charge in [-0.3, -0.25) is 19.2 Å². The van der Waals surface area contributed by atoms with Crippen LogP contribution in [0.25, 0.3) is 0 Å². The van der Waals surface area contributed by atoms with Gasteiger partial charge in [-0.2, -0.15) is 38.4 Å². The minimum atomic E-state index is -5.08. The zero-order chi connectivity index (χ0) is 33.5. The van der Waals surface area contributed by atoms with Crippen molar-refractivity contribution in [2.75, 3.05) is 18.1 Å². The molecule has 1 rings (SSSR count). The highest BCUT2D eigenvalue weighted by Crippen LogP contribution is 2.13. The Bertz CT molecular complexity index is 1130. The number of carbonyl (C=O) groups excluding carboxylic acids is 4. The van der Waals surface area contributed by atoms with Gasteiger partial charge in [0.25, 0.3) is 0 Å². The Morgan fingerprint density at radius 1 is 0.884 bits per heavy atom. The molecule has 0 bridgehead atoms. The number of phenolic OH excluding ortho intramolecular Hbond substituents is 1. The molecule has 43 heavy (non-hydrogen) atoms. The number of phenols is 1. The van der Waals surface area contributed by atoms with E-state index >= 15 is 0 Å². The van der Waals surface area contributed by atoms with Crippen LogP contribution in [-0.2, 0) is 35.2 Å². The summed E-state index contributed by atoms with van der Waals surface area (Å²) in [6.45, 7) is 0.652. The monoisotopic (exact) mass is 659 g/mol. The second kappa shape index (κ2) is 18.7. The average molecular weight is 660 g/mol. The van der Waals surface area contributed by atoms with E-state index in [4.69, 9.17) is 15.6 Å². The number of aliphatic carboxylic acids is 2. The van der Waals surface area contributed by atoms with Gasteiger partial charge in [0, 0.05) is 17.9 Å². The zero-order valence-electron chi connectivity index (χ0n) is 22.4. The maximum absolute atomic E-state index is 12.6. The number of rotatable bonds is 14. The maximum Gasteiger partial charge on any atom is 0.490 e. The summed E-state index contributed by atoms with van der Waals surface area (Å²) in [5.74, 6) is -7.43. The highest BCUT2D eigenvalue weighted by Gasteiger charge is 2.38. The first kappa shape index (κ1) is 39.2. The Morgan fingerprint density at radius 3 is 1.84 bits per heavy atom. The summed E-state index contributed by atoms with van der Waals surface area (Å²) in [5.41, 5.74) is 6.08. The van der Waals surface area contributed by atoms with Gasteiger partial charge in [0.1, 0.15) is 23.9 Å². The molecule has 1 aromatic rings. The number of nitrogens with two attached hydrogens (primary N) is 1. The third kappa shape index (κ3) is 15.3. The molecule has 10 N–H and O–H groups in total. The summed E-state index contributed by atoms with van der Waals surface area (Å²) in [6.07, 6.45) is -6.46. The number of alkyl halides is 3. The van der Waals surface area contributed by atoms with Gasteiger partial charge in [-0.05, 0) is 24.6 Å². The SMILES string of the molecule is C[C@@H](O)[C@H](NC(=O)[C@@H](N)CS)C(=O)NCC(=O)N[C@@H](CS)C(=O)N[C@@H](Cc1ccc(O)cc1)C(=O)O.O=C(O)C(F)(F)F. The summed E-state index contributed by atoms with van der Waals surface area (Å²) < 4.78 is 31.7. The first-order valence-electron chi connectivity index (χ1n) is 12.0. The van der Waals surface area contributed by atoms with Gasteiger partial charge in [0.2, 0.25) is 23.6 Å². The van der Waals surface area contributed by atoms with Gasteiger partial charge in [-0.1, -0.05) is 12.1 Å². The largest absolute Gasteiger partial charge is 0.508 e. The molecule has 0 saturated heterocycles. The van der Waals surface area contributed by atoms with E-state index in [1.165, 1.54) is 31.2 Å². The van der Waals surface area contributed by atoms with Crippen LogP contribution >= 0.6 is 25.3 Å². The van der Waals surface area contributed by atoms with Crippen LogP contribution in [0.2, 0.25) is 0 Å². The van der Waals surface area contributed by atoms with E-state index in [0.29, 0.717) is 5.56 Å². The minimum Gasteiger partial charge on any atom is -0.508 e. The fourth-order valence-corrected chi connectivity index (χ4v) is 3.23. The Kier molecular flexibility index (Phi) is 17.1. The van der Waals surface area contributed by atoms with Crippen molar-refractivity contribution in [3.63, 3.8) is 0 Å². The van der Waals surface area contributed by atoms with Gasteiger partial charge < -0.3 is 47.4 Å². The van der Waals surface area contributed by atoms with E-state index in [-0.39, 0.29) is 23.7 Å². The fourth-order valence-electron chi connectivity index (χ4n) is 2.81. The van der Waals surface area contributed by atoms with Crippen LogP contribution in [0.4, 0.5) is 13.2 Å². The van der Waals surface area contributed by atoms with E-state index in [2.05, 4.69) is 46.5 Å². The number of carboxylic acid groups (broad SMARTS) is 2. The van der Waals surface area contributed by atoms with Crippen LogP contribution in [0.15, 0.2) is 24.3 Å². The lowest BCUT2D eigenvalue weighted by Crippen LogP contribution is -2.58. The molecule has 5 atom stereocenters. The first-order chi connectivity index (χ1) is 19.8. The lowest BCUT2D eigenvalue weighted by molar-refractivity contribution is -0.192. The number of aromatic hydroxyl groups is 1. The minimum absolute atomic E-state index is 0.00276. The van der Waals surface area contributed by atoms with E-state index in [1.807, 2.05) is 0 Å². The fraction of sp³-hybridized carbons (Fsp3) is 0.478. The molecule has 1 aromatic carbocycles. The number of hydrogen-bond acceptors (Lipinski definition) is 11. The standard InChI is InChI=1S/C21H31N5O8S2.C2HF3O2/c1-10(27)17(26-18(30)13(22)8-35)20(32)23-7-16(29)24-15(9-36)19(31)25-14(21(33)34)6-11-2-4-12(28)5-3-11;3-2(4,5)1(6)7/h2-5,10,13-15,17,27-28,35-36H,6-9,22H2,1H3,(H,23,32)(H,24,29)(H,25,31)(H,26,30)(H,33,34);(H,6,7)/t10-,13+,14+,15+,17+;/m1./s1. The van der Waals surface area contributed by atoms with Crippen LogP contribution in [-0.4, -0.2) is 110 Å². The quantitative estimate of drug-likeness (QED) is 0.0955. The Balaban J connectivity index is 0.00000223. The number of nitrogens with one attached hydrogen (secondary N) is 4. The number of benzene rings is 1. The Labute approximate surface area is 253 Å². The third-order valence-corrected chi connectivity index (χ3v) is 5.85. The smallest absolute Gasteiger partial charge is 0.490 e. The molecular formula is C23H32F3N5O10S2. The van der Waals surface area contributed by atoms with Crippen molar-refractivity contribution in [2.45, 2.75) is 49.8 Å². The van der Waals surface area contributed by atoms with Crippen LogP contribution in [0.5, 0.6) is 5.75 Å². The van der Waals surface area contributed by atoms with Gasteiger partial charge >= 0.3 is 18.1 Å². The normalized spacial score (nSPS) is 14.3. The summed E-state index contributed by atoms with van der Waals surface area (Å²) in [4.78, 5) is 69.6. The molecule has 0 aliphatic carbocycles. The molecule has 242 valence electrons.